The number of pyridine rings is 1. The molecule has 2 heterocycles. The van der Waals surface area contributed by atoms with Gasteiger partial charge in [-0.1, -0.05) is 36.4 Å². The molecule has 2 aromatic heterocycles. The molecule has 0 bridgehead atoms. The molecule has 8 heteroatoms. The quantitative estimate of drug-likeness (QED) is 0.194. The number of fused-ring (bicyclic) bond motifs is 2. The highest BCUT2D eigenvalue weighted by molar-refractivity contribution is 6.08. The molecule has 0 saturated heterocycles. The lowest BCUT2D eigenvalue weighted by molar-refractivity contribution is 0.155. The van der Waals surface area contributed by atoms with Crippen LogP contribution >= 0.6 is 0 Å². The summed E-state index contributed by atoms with van der Waals surface area (Å²) in [7, 11) is 0. The van der Waals surface area contributed by atoms with Crippen LogP contribution in [0.15, 0.2) is 103 Å². The van der Waals surface area contributed by atoms with E-state index in [9.17, 15) is 13.6 Å². The van der Waals surface area contributed by atoms with Crippen molar-refractivity contribution < 1.29 is 18.3 Å². The van der Waals surface area contributed by atoms with Crippen LogP contribution in [0.5, 0.6) is 0 Å². The number of para-hydroxylation sites is 2. The highest BCUT2D eigenvalue weighted by Gasteiger charge is 2.13. The van der Waals surface area contributed by atoms with Gasteiger partial charge in [-0.25, -0.2) is 18.6 Å². The third-order valence-corrected chi connectivity index (χ3v) is 6.29. The number of nitrogens with zero attached hydrogens (tertiary/aromatic N) is 1. The molecule has 6 rings (SSSR count). The summed E-state index contributed by atoms with van der Waals surface area (Å²) in [6.45, 7) is -0.0451. The molecule has 192 valence electrons. The summed E-state index contributed by atoms with van der Waals surface area (Å²) in [5, 5.41) is 7.96. The molecular weight excluding hydrogens is 498 g/mol. The van der Waals surface area contributed by atoms with Crippen LogP contribution in [0, 0.1) is 11.6 Å². The van der Waals surface area contributed by atoms with Crippen molar-refractivity contribution in [3.63, 3.8) is 0 Å². The predicted molar refractivity (Wildman–Crippen MR) is 149 cm³/mol. The summed E-state index contributed by atoms with van der Waals surface area (Å²) in [6.07, 6.45) is 1.05. The average molecular weight is 521 g/mol. The first-order valence-electron chi connectivity index (χ1n) is 12.2. The van der Waals surface area contributed by atoms with Gasteiger partial charge in [-0.15, -0.1) is 0 Å². The molecule has 0 saturated carbocycles. The average Bonchev–Trinajstić information content (AvgIpc) is 3.49. The van der Waals surface area contributed by atoms with E-state index in [0.717, 1.165) is 62.1 Å². The van der Waals surface area contributed by atoms with Crippen LogP contribution in [0.3, 0.4) is 0 Å². The normalized spacial score (nSPS) is 11.0. The summed E-state index contributed by atoms with van der Waals surface area (Å²) >= 11 is 0. The molecule has 1 amide bonds. The van der Waals surface area contributed by atoms with Gasteiger partial charge in [0.15, 0.2) is 11.6 Å². The number of aromatic amines is 1. The van der Waals surface area contributed by atoms with Crippen LogP contribution in [-0.4, -0.2) is 16.1 Å². The lowest BCUT2D eigenvalue weighted by Gasteiger charge is -2.16. The highest BCUT2D eigenvalue weighted by Crippen LogP contribution is 2.34. The molecule has 0 radical (unpaired) electrons. The van der Waals surface area contributed by atoms with Crippen molar-refractivity contribution in [2.24, 2.45) is 0 Å². The number of ether oxygens (including phenoxy) is 1. The first-order chi connectivity index (χ1) is 19.0. The number of nitrogens with one attached hydrogen (secondary N) is 3. The number of hydrogen-bond donors (Lipinski definition) is 3. The van der Waals surface area contributed by atoms with E-state index in [1.165, 1.54) is 6.07 Å². The first-order valence-corrected chi connectivity index (χ1v) is 12.2. The third kappa shape index (κ3) is 5.13. The van der Waals surface area contributed by atoms with E-state index in [1.807, 2.05) is 85.1 Å². The van der Waals surface area contributed by atoms with E-state index < -0.39 is 17.7 Å². The van der Waals surface area contributed by atoms with Crippen LogP contribution < -0.4 is 10.6 Å². The Morgan fingerprint density at radius 3 is 2.23 bits per heavy atom. The second-order valence-electron chi connectivity index (χ2n) is 8.98. The fourth-order valence-electron chi connectivity index (χ4n) is 4.51. The second kappa shape index (κ2) is 10.3. The maximum atomic E-state index is 13.5. The Morgan fingerprint density at radius 2 is 1.54 bits per heavy atom. The van der Waals surface area contributed by atoms with Crippen molar-refractivity contribution in [1.82, 2.24) is 9.97 Å². The Hall–Kier alpha value is -5.24. The Morgan fingerprint density at radius 1 is 0.795 bits per heavy atom. The largest absolute Gasteiger partial charge is 0.444 e. The van der Waals surface area contributed by atoms with Crippen LogP contribution in [0.2, 0.25) is 0 Å². The van der Waals surface area contributed by atoms with E-state index in [4.69, 9.17) is 9.72 Å². The van der Waals surface area contributed by atoms with Gasteiger partial charge in [0.05, 0.1) is 16.7 Å². The van der Waals surface area contributed by atoms with Crippen molar-refractivity contribution in [2.75, 3.05) is 10.6 Å². The van der Waals surface area contributed by atoms with Gasteiger partial charge in [0, 0.05) is 45.7 Å². The number of hydrogen-bond acceptors (Lipinski definition) is 4. The number of H-pyrrole nitrogens is 1. The summed E-state index contributed by atoms with van der Waals surface area (Å²) in [4.78, 5) is 20.4. The van der Waals surface area contributed by atoms with Gasteiger partial charge in [-0.05, 0) is 60.2 Å². The van der Waals surface area contributed by atoms with Crippen molar-refractivity contribution in [3.05, 3.63) is 120 Å². The maximum absolute atomic E-state index is 13.5. The fraction of sp³-hybridized carbons (Fsp3) is 0.0323. The Balaban J connectivity index is 1.32. The number of aromatic nitrogens is 2. The molecule has 4 aromatic carbocycles. The minimum atomic E-state index is -1.06. The third-order valence-electron chi connectivity index (χ3n) is 6.29. The maximum Gasteiger partial charge on any atom is 0.411 e. The smallest absolute Gasteiger partial charge is 0.411 e. The Bertz CT molecular complexity index is 1770. The molecule has 0 aliphatic rings. The predicted octanol–water partition coefficient (Wildman–Crippen LogP) is 8.15. The van der Waals surface area contributed by atoms with Crippen molar-refractivity contribution >= 4 is 45.0 Å². The Labute approximate surface area is 222 Å². The summed E-state index contributed by atoms with van der Waals surface area (Å²) in [5.74, 6) is -2.05. The monoisotopic (exact) mass is 520 g/mol. The summed E-state index contributed by atoms with van der Waals surface area (Å²) < 4.78 is 32.1. The molecule has 0 fully saturated rings. The number of carbonyl (C=O) groups excluding carboxylic acids is 1. The number of rotatable bonds is 6. The van der Waals surface area contributed by atoms with Gasteiger partial charge < -0.3 is 15.0 Å². The van der Waals surface area contributed by atoms with Gasteiger partial charge in [-0.2, -0.15) is 0 Å². The van der Waals surface area contributed by atoms with Gasteiger partial charge in [-0.3, -0.25) is 5.32 Å². The summed E-state index contributed by atoms with van der Waals surface area (Å²) in [5.41, 5.74) is 6.08. The topological polar surface area (TPSA) is 79.0 Å². The van der Waals surface area contributed by atoms with E-state index >= 15 is 0 Å². The van der Waals surface area contributed by atoms with E-state index in [2.05, 4.69) is 15.6 Å². The first kappa shape index (κ1) is 24.1. The van der Waals surface area contributed by atoms with Gasteiger partial charge in [0.25, 0.3) is 0 Å². The number of amides is 1. The van der Waals surface area contributed by atoms with Crippen molar-refractivity contribution in [3.8, 4) is 11.3 Å². The molecule has 3 N–H and O–H groups in total. The molecule has 39 heavy (non-hydrogen) atoms. The van der Waals surface area contributed by atoms with Crippen molar-refractivity contribution in [1.29, 1.82) is 0 Å². The van der Waals surface area contributed by atoms with Gasteiger partial charge >= 0.3 is 6.09 Å². The number of halogens is 2. The van der Waals surface area contributed by atoms with Crippen LogP contribution in [0.4, 0.5) is 30.6 Å². The van der Waals surface area contributed by atoms with Crippen LogP contribution in [-0.2, 0) is 11.3 Å². The Kier molecular flexibility index (Phi) is 6.34. The van der Waals surface area contributed by atoms with Crippen LogP contribution in [0.25, 0.3) is 33.1 Å². The molecule has 0 atom stereocenters. The second-order valence-corrected chi connectivity index (χ2v) is 8.98. The minimum Gasteiger partial charge on any atom is -0.444 e. The molecule has 6 aromatic rings. The highest BCUT2D eigenvalue weighted by atomic mass is 19.2. The summed E-state index contributed by atoms with van der Waals surface area (Å²) in [6, 6.07) is 28.7. The molecule has 0 unspecified atom stereocenters. The zero-order valence-electron chi connectivity index (χ0n) is 20.5. The molecule has 0 aliphatic carbocycles. The molecule has 0 spiro atoms. The van der Waals surface area contributed by atoms with E-state index in [1.54, 1.807) is 0 Å². The zero-order valence-corrected chi connectivity index (χ0v) is 20.5. The lowest BCUT2D eigenvalue weighted by atomic mass is 10.0. The van der Waals surface area contributed by atoms with Crippen LogP contribution in [0.1, 0.15) is 5.56 Å². The molecule has 6 nitrogen and oxygen atoms in total. The lowest BCUT2D eigenvalue weighted by Crippen LogP contribution is -2.14. The van der Waals surface area contributed by atoms with Gasteiger partial charge in [0.2, 0.25) is 0 Å². The standard InChI is InChI=1S/C31H22F2N4O2/c32-25-12-11-21(17-26(25)33)36-31(38)39-18-19-14-20(27-10-5-13-34-27)16-22(15-19)35-30-23-6-1-3-8-28(23)37-29-9-4-2-7-24(29)30/h1-17,34H,18H2,(H,35,37)(H,36,38). The zero-order chi connectivity index (χ0) is 26.8. The SMILES string of the molecule is O=C(Nc1ccc(F)c(F)c1)OCc1cc(Nc2c3ccccc3nc3ccccc23)cc(-c2ccc[nH]2)c1. The number of benzene rings is 4. The fourth-order valence-corrected chi connectivity index (χ4v) is 4.51. The van der Waals surface area contributed by atoms with Crippen molar-refractivity contribution in [2.45, 2.75) is 6.61 Å². The number of carbonyl (C=O) groups is 1. The molecular formula is C31H22F2N4O2. The van der Waals surface area contributed by atoms with E-state index in [0.29, 0.717) is 0 Å². The van der Waals surface area contributed by atoms with Gasteiger partial charge in [0.1, 0.15) is 6.61 Å². The van der Waals surface area contributed by atoms with E-state index in [-0.39, 0.29) is 12.3 Å². The molecule has 0 aliphatic heterocycles. The minimum absolute atomic E-state index is 0.0451. The number of anilines is 3.